The Balaban J connectivity index is 2.57. The highest BCUT2D eigenvalue weighted by Crippen LogP contribution is 2.37. The Morgan fingerprint density at radius 2 is 2.00 bits per heavy atom. The van der Waals surface area contributed by atoms with E-state index in [1.54, 1.807) is 0 Å². The predicted octanol–water partition coefficient (Wildman–Crippen LogP) is 5.13. The monoisotopic (exact) mass is 284 g/mol. The summed E-state index contributed by atoms with van der Waals surface area (Å²) in [6.07, 6.45) is 4.59. The molecule has 0 fully saturated rings. The zero-order valence-electron chi connectivity index (χ0n) is 13.6. The Bertz CT molecular complexity index is 619. The van der Waals surface area contributed by atoms with Crippen molar-refractivity contribution >= 4 is 17.4 Å². The van der Waals surface area contributed by atoms with Gasteiger partial charge in [-0.2, -0.15) is 0 Å². The van der Waals surface area contributed by atoms with E-state index in [2.05, 4.69) is 20.4 Å². The van der Waals surface area contributed by atoms with E-state index >= 15 is 0 Å². The van der Waals surface area contributed by atoms with Crippen LogP contribution in [-0.4, -0.2) is 11.4 Å². The molecule has 0 saturated heterocycles. The molecule has 0 aromatic heterocycles. The van der Waals surface area contributed by atoms with Gasteiger partial charge in [0.05, 0.1) is 5.56 Å². The maximum absolute atomic E-state index is 12.6. The van der Waals surface area contributed by atoms with Crippen molar-refractivity contribution in [1.82, 2.24) is 0 Å². The van der Waals surface area contributed by atoms with Crippen LogP contribution >= 0.6 is 0 Å². The Labute approximate surface area is 127 Å². The van der Waals surface area contributed by atoms with Gasteiger partial charge in [0.2, 0.25) is 0 Å². The molecule has 1 aliphatic rings. The fourth-order valence-corrected chi connectivity index (χ4v) is 2.41. The number of carbonyl (C=O) groups is 1. The molecule has 21 heavy (non-hydrogen) atoms. The van der Waals surface area contributed by atoms with Crippen LogP contribution in [0.15, 0.2) is 24.8 Å². The summed E-state index contributed by atoms with van der Waals surface area (Å²) in [7, 11) is 0. The molecule has 2 heteroatoms. The molecule has 0 unspecified atom stereocenters. The summed E-state index contributed by atoms with van der Waals surface area (Å²) in [6, 6.07) is 3.96. The second-order valence-corrected chi connectivity index (χ2v) is 6.78. The van der Waals surface area contributed by atoms with Crippen LogP contribution in [0.25, 0.3) is 11.6 Å². The van der Waals surface area contributed by atoms with Crippen molar-refractivity contribution in [2.24, 2.45) is 5.92 Å². The molecular formula is C19H24O2. The van der Waals surface area contributed by atoms with Crippen molar-refractivity contribution in [1.29, 1.82) is 0 Å². The van der Waals surface area contributed by atoms with Crippen molar-refractivity contribution < 1.29 is 9.53 Å². The van der Waals surface area contributed by atoms with Gasteiger partial charge in [0.15, 0.2) is 5.78 Å². The van der Waals surface area contributed by atoms with Gasteiger partial charge < -0.3 is 4.74 Å². The molecule has 1 aliphatic heterocycles. The van der Waals surface area contributed by atoms with Crippen LogP contribution < -0.4 is 4.74 Å². The SMILES string of the molecule is C=C(C)c1cc2c(c(C(=O)CC(C)C)c1)OC(C)(C)C=C2. The number of hydrogen-bond donors (Lipinski definition) is 0. The van der Waals surface area contributed by atoms with Gasteiger partial charge in [-0.1, -0.05) is 32.1 Å². The molecule has 2 rings (SSSR count). The molecule has 112 valence electrons. The van der Waals surface area contributed by atoms with Gasteiger partial charge in [0.25, 0.3) is 0 Å². The lowest BCUT2D eigenvalue weighted by Gasteiger charge is -2.30. The maximum atomic E-state index is 12.6. The average molecular weight is 284 g/mol. The Morgan fingerprint density at radius 3 is 2.57 bits per heavy atom. The lowest BCUT2D eigenvalue weighted by Crippen LogP contribution is -2.28. The van der Waals surface area contributed by atoms with Crippen LogP contribution in [0, 0.1) is 5.92 Å². The third kappa shape index (κ3) is 3.44. The number of carbonyl (C=O) groups excluding carboxylic acids is 1. The molecule has 0 radical (unpaired) electrons. The van der Waals surface area contributed by atoms with Crippen LogP contribution in [0.4, 0.5) is 0 Å². The topological polar surface area (TPSA) is 26.3 Å². The lowest BCUT2D eigenvalue weighted by molar-refractivity contribution is 0.0955. The van der Waals surface area contributed by atoms with E-state index in [1.165, 1.54) is 0 Å². The van der Waals surface area contributed by atoms with Crippen LogP contribution in [0.3, 0.4) is 0 Å². The minimum atomic E-state index is -0.384. The van der Waals surface area contributed by atoms with Crippen LogP contribution in [0.5, 0.6) is 5.75 Å². The first kappa shape index (κ1) is 15.6. The van der Waals surface area contributed by atoms with E-state index in [0.29, 0.717) is 23.7 Å². The lowest BCUT2D eigenvalue weighted by atomic mass is 9.92. The minimum Gasteiger partial charge on any atom is -0.482 e. The summed E-state index contributed by atoms with van der Waals surface area (Å²) >= 11 is 0. The van der Waals surface area contributed by atoms with Crippen molar-refractivity contribution in [2.75, 3.05) is 0 Å². The summed E-state index contributed by atoms with van der Waals surface area (Å²) in [5, 5.41) is 0. The molecule has 0 amide bonds. The molecule has 0 aliphatic carbocycles. The Kier molecular flexibility index (Phi) is 4.08. The van der Waals surface area contributed by atoms with E-state index in [1.807, 2.05) is 45.1 Å². The number of allylic oxidation sites excluding steroid dienone is 1. The number of ether oxygens (including phenoxy) is 1. The van der Waals surface area contributed by atoms with Crippen molar-refractivity contribution in [2.45, 2.75) is 46.6 Å². The van der Waals surface area contributed by atoms with Crippen molar-refractivity contribution in [3.63, 3.8) is 0 Å². The summed E-state index contributed by atoms with van der Waals surface area (Å²) in [4.78, 5) is 12.6. The van der Waals surface area contributed by atoms with Crippen molar-refractivity contribution in [3.8, 4) is 5.75 Å². The van der Waals surface area contributed by atoms with E-state index in [4.69, 9.17) is 4.74 Å². The summed E-state index contributed by atoms with van der Waals surface area (Å²) in [6.45, 7) is 14.0. The average Bonchev–Trinajstić information content (AvgIpc) is 2.35. The molecule has 0 spiro atoms. The minimum absolute atomic E-state index is 0.135. The summed E-state index contributed by atoms with van der Waals surface area (Å²) < 4.78 is 6.05. The van der Waals surface area contributed by atoms with Gasteiger partial charge in [-0.05, 0) is 50.5 Å². The standard InChI is InChI=1S/C19H24O2/c1-12(2)9-17(20)16-11-15(13(3)4)10-14-7-8-19(5,6)21-18(14)16/h7-8,10-12H,3,9H2,1-2,4-6H3. The van der Waals surface area contributed by atoms with Crippen LogP contribution in [0.2, 0.25) is 0 Å². The Hall–Kier alpha value is -1.83. The highest BCUT2D eigenvalue weighted by molar-refractivity contribution is 6.01. The second kappa shape index (κ2) is 5.51. The van der Waals surface area contributed by atoms with Crippen LogP contribution in [-0.2, 0) is 0 Å². The summed E-state index contributed by atoms with van der Waals surface area (Å²) in [5.74, 6) is 1.17. The van der Waals surface area contributed by atoms with Gasteiger partial charge >= 0.3 is 0 Å². The van der Waals surface area contributed by atoms with Crippen LogP contribution in [0.1, 0.15) is 62.5 Å². The quantitative estimate of drug-likeness (QED) is 0.716. The molecule has 0 bridgehead atoms. The number of benzene rings is 1. The number of ketones is 1. The number of fused-ring (bicyclic) bond motifs is 1. The normalized spacial score (nSPS) is 15.5. The third-order valence-corrected chi connectivity index (χ3v) is 3.53. The molecule has 0 N–H and O–H groups in total. The zero-order chi connectivity index (χ0) is 15.8. The van der Waals surface area contributed by atoms with E-state index in [9.17, 15) is 4.79 Å². The highest BCUT2D eigenvalue weighted by Gasteiger charge is 2.27. The second-order valence-electron chi connectivity index (χ2n) is 6.78. The number of hydrogen-bond acceptors (Lipinski definition) is 2. The van der Waals surface area contributed by atoms with Gasteiger partial charge in [-0.3, -0.25) is 4.79 Å². The molecule has 1 aromatic rings. The molecule has 1 aromatic carbocycles. The predicted molar refractivity (Wildman–Crippen MR) is 88.7 cm³/mol. The van der Waals surface area contributed by atoms with Gasteiger partial charge in [-0.25, -0.2) is 0 Å². The third-order valence-electron chi connectivity index (χ3n) is 3.53. The first-order valence-electron chi connectivity index (χ1n) is 7.45. The molecule has 0 atom stereocenters. The van der Waals surface area contributed by atoms with Gasteiger partial charge in [0, 0.05) is 12.0 Å². The maximum Gasteiger partial charge on any atom is 0.166 e. The van der Waals surface area contributed by atoms with Gasteiger partial charge in [-0.15, -0.1) is 0 Å². The first-order chi connectivity index (χ1) is 9.69. The number of rotatable bonds is 4. The fourth-order valence-electron chi connectivity index (χ4n) is 2.41. The highest BCUT2D eigenvalue weighted by atomic mass is 16.5. The molecule has 0 saturated carbocycles. The molecular weight excluding hydrogens is 260 g/mol. The van der Waals surface area contributed by atoms with E-state index in [-0.39, 0.29) is 11.4 Å². The first-order valence-corrected chi connectivity index (χ1v) is 7.45. The van der Waals surface area contributed by atoms with E-state index < -0.39 is 0 Å². The van der Waals surface area contributed by atoms with Crippen molar-refractivity contribution in [3.05, 3.63) is 41.5 Å². The van der Waals surface area contributed by atoms with Gasteiger partial charge in [0.1, 0.15) is 11.4 Å². The smallest absolute Gasteiger partial charge is 0.166 e. The van der Waals surface area contributed by atoms with E-state index in [0.717, 1.165) is 16.7 Å². The molecule has 1 heterocycles. The zero-order valence-corrected chi connectivity index (χ0v) is 13.6. The largest absolute Gasteiger partial charge is 0.482 e. The number of Topliss-reactive ketones (excluding diaryl/α,β-unsaturated/α-hetero) is 1. The fraction of sp³-hybridized carbons (Fsp3) is 0.421. The Morgan fingerprint density at radius 1 is 1.33 bits per heavy atom. The summed E-state index contributed by atoms with van der Waals surface area (Å²) in [5.41, 5.74) is 3.20. The molecule has 2 nitrogen and oxygen atoms in total.